The Morgan fingerprint density at radius 1 is 1.59 bits per heavy atom. The van der Waals surface area contributed by atoms with Gasteiger partial charge in [-0.1, -0.05) is 13.8 Å². The summed E-state index contributed by atoms with van der Waals surface area (Å²) in [6.07, 6.45) is 1.51. The molecular formula is C12H21ClN2O2. The number of halogens is 1. The molecule has 1 heterocycles. The maximum atomic E-state index is 12.0. The molecule has 0 saturated heterocycles. The third-order valence-electron chi connectivity index (χ3n) is 3.20. The highest BCUT2D eigenvalue weighted by Gasteiger charge is 2.29. The predicted octanol–water partition coefficient (Wildman–Crippen LogP) is 2.11. The van der Waals surface area contributed by atoms with Crippen molar-refractivity contribution in [3.63, 3.8) is 0 Å². The molecule has 0 spiro atoms. The van der Waals surface area contributed by atoms with Crippen molar-refractivity contribution in [1.82, 2.24) is 5.32 Å². The van der Waals surface area contributed by atoms with Crippen LogP contribution in [0.25, 0.3) is 0 Å². The van der Waals surface area contributed by atoms with Crippen LogP contribution in [0.4, 0.5) is 0 Å². The monoisotopic (exact) mass is 260 g/mol. The SMILES string of the molecule is Cc1occc1C(=O)NC(C)(CN)C(C)C.Cl. The molecule has 1 atom stereocenters. The summed E-state index contributed by atoms with van der Waals surface area (Å²) in [7, 11) is 0. The van der Waals surface area contributed by atoms with E-state index in [0.717, 1.165) is 0 Å². The molecule has 1 aromatic rings. The normalized spacial score (nSPS) is 14.0. The van der Waals surface area contributed by atoms with Crippen LogP contribution in [0, 0.1) is 12.8 Å². The fraction of sp³-hybridized carbons (Fsp3) is 0.583. The van der Waals surface area contributed by atoms with Gasteiger partial charge in [0.25, 0.3) is 5.91 Å². The van der Waals surface area contributed by atoms with Gasteiger partial charge in [0.1, 0.15) is 5.76 Å². The molecule has 0 aromatic carbocycles. The van der Waals surface area contributed by atoms with Crippen LogP contribution in [0.1, 0.15) is 36.9 Å². The van der Waals surface area contributed by atoms with E-state index in [4.69, 9.17) is 10.2 Å². The summed E-state index contributed by atoms with van der Waals surface area (Å²) in [4.78, 5) is 12.0. The molecule has 1 aromatic heterocycles. The smallest absolute Gasteiger partial charge is 0.255 e. The Bertz CT molecular complexity index is 376. The number of aryl methyl sites for hydroxylation is 1. The number of carbonyl (C=O) groups is 1. The van der Waals surface area contributed by atoms with E-state index in [0.29, 0.717) is 17.9 Å². The van der Waals surface area contributed by atoms with Crippen molar-refractivity contribution in [2.75, 3.05) is 6.54 Å². The van der Waals surface area contributed by atoms with E-state index in [9.17, 15) is 4.79 Å². The van der Waals surface area contributed by atoms with Gasteiger partial charge in [0.2, 0.25) is 0 Å². The van der Waals surface area contributed by atoms with Gasteiger partial charge in [0.15, 0.2) is 0 Å². The fourth-order valence-corrected chi connectivity index (χ4v) is 1.38. The van der Waals surface area contributed by atoms with Gasteiger partial charge in [0.05, 0.1) is 17.4 Å². The zero-order valence-electron chi connectivity index (χ0n) is 10.7. The zero-order valence-corrected chi connectivity index (χ0v) is 11.6. The maximum absolute atomic E-state index is 12.0. The minimum Gasteiger partial charge on any atom is -0.469 e. The molecule has 1 amide bonds. The van der Waals surface area contributed by atoms with Gasteiger partial charge in [-0.05, 0) is 25.8 Å². The van der Waals surface area contributed by atoms with E-state index in [1.165, 1.54) is 6.26 Å². The Morgan fingerprint density at radius 3 is 2.53 bits per heavy atom. The van der Waals surface area contributed by atoms with E-state index < -0.39 is 0 Å². The van der Waals surface area contributed by atoms with Crippen molar-refractivity contribution in [2.45, 2.75) is 33.2 Å². The highest BCUT2D eigenvalue weighted by Crippen LogP contribution is 2.17. The van der Waals surface area contributed by atoms with Gasteiger partial charge < -0.3 is 15.5 Å². The summed E-state index contributed by atoms with van der Waals surface area (Å²) in [5, 5.41) is 2.96. The Kier molecular flexibility index (Phi) is 5.72. The van der Waals surface area contributed by atoms with Crippen LogP contribution in [0.5, 0.6) is 0 Å². The Hall–Kier alpha value is -1.00. The number of carbonyl (C=O) groups excluding carboxylic acids is 1. The second-order valence-corrected chi connectivity index (χ2v) is 4.62. The lowest BCUT2D eigenvalue weighted by Crippen LogP contribution is -2.55. The molecule has 0 fully saturated rings. The Balaban J connectivity index is 0.00000256. The number of nitrogens with one attached hydrogen (secondary N) is 1. The molecule has 0 saturated carbocycles. The quantitative estimate of drug-likeness (QED) is 0.871. The Labute approximate surface area is 108 Å². The average Bonchev–Trinajstić information content (AvgIpc) is 2.64. The van der Waals surface area contributed by atoms with E-state index in [-0.39, 0.29) is 29.8 Å². The molecule has 0 aliphatic carbocycles. The molecule has 17 heavy (non-hydrogen) atoms. The van der Waals surface area contributed by atoms with Crippen LogP contribution in [0.3, 0.4) is 0 Å². The number of hydrogen-bond donors (Lipinski definition) is 2. The number of hydrogen-bond acceptors (Lipinski definition) is 3. The summed E-state index contributed by atoms with van der Waals surface area (Å²) in [5.74, 6) is 0.766. The largest absolute Gasteiger partial charge is 0.469 e. The van der Waals surface area contributed by atoms with E-state index >= 15 is 0 Å². The van der Waals surface area contributed by atoms with Crippen molar-refractivity contribution in [2.24, 2.45) is 11.7 Å². The molecule has 0 bridgehead atoms. The molecule has 3 N–H and O–H groups in total. The summed E-state index contributed by atoms with van der Waals surface area (Å²) in [5.41, 5.74) is 5.89. The zero-order chi connectivity index (χ0) is 12.3. The topological polar surface area (TPSA) is 68.3 Å². The highest BCUT2D eigenvalue weighted by atomic mass is 35.5. The van der Waals surface area contributed by atoms with Crippen LogP contribution in [-0.2, 0) is 0 Å². The number of furan rings is 1. The standard InChI is InChI=1S/C12H20N2O2.ClH/c1-8(2)12(4,7-13)14-11(15)10-5-6-16-9(10)3;/h5-6,8H,7,13H2,1-4H3,(H,14,15);1H. The number of rotatable bonds is 4. The second kappa shape index (κ2) is 6.07. The fourth-order valence-electron chi connectivity index (χ4n) is 1.38. The molecule has 0 aliphatic heterocycles. The van der Waals surface area contributed by atoms with Crippen molar-refractivity contribution < 1.29 is 9.21 Å². The summed E-state index contributed by atoms with van der Waals surface area (Å²) in [6.45, 7) is 8.20. The molecule has 0 aliphatic rings. The van der Waals surface area contributed by atoms with Crippen LogP contribution in [-0.4, -0.2) is 18.0 Å². The maximum Gasteiger partial charge on any atom is 0.255 e. The van der Waals surface area contributed by atoms with Crippen molar-refractivity contribution >= 4 is 18.3 Å². The van der Waals surface area contributed by atoms with Crippen molar-refractivity contribution in [3.05, 3.63) is 23.7 Å². The van der Waals surface area contributed by atoms with Crippen molar-refractivity contribution in [3.8, 4) is 0 Å². The molecule has 4 nitrogen and oxygen atoms in total. The van der Waals surface area contributed by atoms with Crippen LogP contribution in [0.15, 0.2) is 16.7 Å². The first-order valence-electron chi connectivity index (χ1n) is 5.47. The van der Waals surface area contributed by atoms with Crippen molar-refractivity contribution in [1.29, 1.82) is 0 Å². The van der Waals surface area contributed by atoms with E-state index in [2.05, 4.69) is 5.32 Å². The first-order chi connectivity index (χ1) is 7.40. The lowest BCUT2D eigenvalue weighted by atomic mass is 9.88. The second-order valence-electron chi connectivity index (χ2n) is 4.62. The van der Waals surface area contributed by atoms with Gasteiger partial charge in [-0.25, -0.2) is 0 Å². The van der Waals surface area contributed by atoms with Gasteiger partial charge in [-0.15, -0.1) is 12.4 Å². The molecule has 5 heteroatoms. The van der Waals surface area contributed by atoms with Gasteiger partial charge >= 0.3 is 0 Å². The van der Waals surface area contributed by atoms with Gasteiger partial charge in [-0.2, -0.15) is 0 Å². The number of nitrogens with two attached hydrogens (primary N) is 1. The molecule has 1 unspecified atom stereocenters. The minimum atomic E-state index is -0.388. The van der Waals surface area contributed by atoms with E-state index in [1.54, 1.807) is 13.0 Å². The van der Waals surface area contributed by atoms with Crippen LogP contribution < -0.4 is 11.1 Å². The predicted molar refractivity (Wildman–Crippen MR) is 70.5 cm³/mol. The third-order valence-corrected chi connectivity index (χ3v) is 3.20. The molecule has 98 valence electrons. The summed E-state index contributed by atoms with van der Waals surface area (Å²) >= 11 is 0. The van der Waals surface area contributed by atoms with Gasteiger partial charge in [0, 0.05) is 6.54 Å². The average molecular weight is 261 g/mol. The summed E-state index contributed by atoms with van der Waals surface area (Å²) < 4.78 is 5.10. The minimum absolute atomic E-state index is 0. The molecule has 1 rings (SSSR count). The third kappa shape index (κ3) is 3.48. The lowest BCUT2D eigenvalue weighted by Gasteiger charge is -2.33. The highest BCUT2D eigenvalue weighted by molar-refractivity contribution is 5.95. The molecular weight excluding hydrogens is 240 g/mol. The Morgan fingerprint density at radius 2 is 2.18 bits per heavy atom. The number of amides is 1. The lowest BCUT2D eigenvalue weighted by molar-refractivity contribution is 0.0881. The van der Waals surface area contributed by atoms with Crippen LogP contribution in [0.2, 0.25) is 0 Å². The first-order valence-corrected chi connectivity index (χ1v) is 5.47. The van der Waals surface area contributed by atoms with E-state index in [1.807, 2.05) is 20.8 Å². The van der Waals surface area contributed by atoms with Gasteiger partial charge in [-0.3, -0.25) is 4.79 Å². The summed E-state index contributed by atoms with van der Waals surface area (Å²) in [6, 6.07) is 1.67. The first kappa shape index (κ1) is 16.0. The van der Waals surface area contributed by atoms with Crippen LogP contribution >= 0.6 is 12.4 Å². The molecule has 0 radical (unpaired) electrons.